The summed E-state index contributed by atoms with van der Waals surface area (Å²) in [5.41, 5.74) is 2.17. The van der Waals surface area contributed by atoms with E-state index in [1.54, 1.807) is 0 Å². The van der Waals surface area contributed by atoms with Crippen molar-refractivity contribution in [2.75, 3.05) is 11.5 Å². The standard InChI is InChI=1S/C18H24OS2/c19-18(16-20-12-5-13-21-16)15-7-2-1-6-14(15)8-11-17(18)9-3-4-10-17/h1-2,6-7,16,19H,3-5,8-13H2. The Morgan fingerprint density at radius 2 is 1.67 bits per heavy atom. The third kappa shape index (κ3) is 2.11. The first-order valence-corrected chi connectivity index (χ1v) is 10.4. The van der Waals surface area contributed by atoms with Gasteiger partial charge in [-0.15, -0.1) is 23.5 Å². The minimum absolute atomic E-state index is 0.142. The maximum absolute atomic E-state index is 12.1. The molecule has 114 valence electrons. The van der Waals surface area contributed by atoms with Gasteiger partial charge < -0.3 is 5.11 Å². The van der Waals surface area contributed by atoms with E-state index in [0.717, 1.165) is 6.42 Å². The highest BCUT2D eigenvalue weighted by atomic mass is 32.2. The first-order valence-electron chi connectivity index (χ1n) is 8.30. The van der Waals surface area contributed by atoms with Crippen molar-refractivity contribution >= 4 is 23.5 Å². The zero-order valence-electron chi connectivity index (χ0n) is 12.5. The van der Waals surface area contributed by atoms with Gasteiger partial charge in [0.25, 0.3) is 0 Å². The molecule has 1 unspecified atom stereocenters. The first kappa shape index (κ1) is 14.5. The van der Waals surface area contributed by atoms with E-state index >= 15 is 0 Å². The average molecular weight is 321 g/mol. The lowest BCUT2D eigenvalue weighted by molar-refractivity contribution is -0.0891. The van der Waals surface area contributed by atoms with Crippen molar-refractivity contribution in [2.45, 2.75) is 55.1 Å². The topological polar surface area (TPSA) is 20.2 Å². The number of benzene rings is 1. The molecule has 0 aromatic heterocycles. The maximum Gasteiger partial charge on any atom is 0.116 e. The normalized spacial score (nSPS) is 32.2. The van der Waals surface area contributed by atoms with Crippen LogP contribution in [0.15, 0.2) is 24.3 Å². The number of aliphatic hydroxyl groups is 1. The van der Waals surface area contributed by atoms with Crippen LogP contribution in [0.1, 0.15) is 49.7 Å². The summed E-state index contributed by atoms with van der Waals surface area (Å²) in [6, 6.07) is 8.70. The second-order valence-corrected chi connectivity index (χ2v) is 9.56. The molecule has 1 saturated carbocycles. The molecule has 4 rings (SSSR count). The first-order chi connectivity index (χ1) is 10.3. The Balaban J connectivity index is 1.84. The lowest BCUT2D eigenvalue weighted by Gasteiger charge is -2.53. The second kappa shape index (κ2) is 5.50. The Morgan fingerprint density at radius 1 is 0.952 bits per heavy atom. The quantitative estimate of drug-likeness (QED) is 0.818. The van der Waals surface area contributed by atoms with E-state index in [1.165, 1.54) is 61.2 Å². The highest BCUT2D eigenvalue weighted by Crippen LogP contribution is 2.62. The summed E-state index contributed by atoms with van der Waals surface area (Å²) < 4.78 is 0.325. The lowest BCUT2D eigenvalue weighted by atomic mass is 9.60. The van der Waals surface area contributed by atoms with Crippen LogP contribution in [-0.2, 0) is 12.0 Å². The molecular formula is C18H24OS2. The number of hydrogen-bond acceptors (Lipinski definition) is 3. The fourth-order valence-corrected chi connectivity index (χ4v) is 8.18. The van der Waals surface area contributed by atoms with Crippen LogP contribution < -0.4 is 0 Å². The maximum atomic E-state index is 12.1. The van der Waals surface area contributed by atoms with Gasteiger partial charge in [-0.3, -0.25) is 0 Å². The molecule has 2 fully saturated rings. The van der Waals surface area contributed by atoms with Crippen molar-refractivity contribution in [2.24, 2.45) is 5.41 Å². The zero-order chi connectivity index (χ0) is 14.3. The van der Waals surface area contributed by atoms with Crippen molar-refractivity contribution < 1.29 is 5.11 Å². The predicted octanol–water partition coefficient (Wildman–Crippen LogP) is 4.58. The third-order valence-electron chi connectivity index (χ3n) is 5.84. The van der Waals surface area contributed by atoms with Gasteiger partial charge in [0.15, 0.2) is 0 Å². The van der Waals surface area contributed by atoms with Crippen molar-refractivity contribution in [3.63, 3.8) is 0 Å². The summed E-state index contributed by atoms with van der Waals surface area (Å²) >= 11 is 4.01. The van der Waals surface area contributed by atoms with Crippen LogP contribution >= 0.6 is 23.5 Å². The summed E-state index contributed by atoms with van der Waals surface area (Å²) in [7, 11) is 0. The van der Waals surface area contributed by atoms with Gasteiger partial charge >= 0.3 is 0 Å². The van der Waals surface area contributed by atoms with Gasteiger partial charge in [0, 0.05) is 5.41 Å². The van der Waals surface area contributed by atoms with Crippen molar-refractivity contribution in [1.29, 1.82) is 0 Å². The molecule has 0 bridgehead atoms. The van der Waals surface area contributed by atoms with Gasteiger partial charge in [0.2, 0.25) is 0 Å². The molecule has 3 heteroatoms. The summed E-state index contributed by atoms with van der Waals surface area (Å²) in [6.07, 6.45) is 8.65. The molecule has 1 atom stereocenters. The Bertz CT molecular complexity index is 518. The SMILES string of the molecule is OC1(C2SCCCS2)c2ccccc2CCC12CCCC2. The fourth-order valence-electron chi connectivity index (χ4n) is 4.75. The zero-order valence-corrected chi connectivity index (χ0v) is 14.1. The van der Waals surface area contributed by atoms with E-state index in [-0.39, 0.29) is 5.41 Å². The largest absolute Gasteiger partial charge is 0.383 e. The molecule has 1 aromatic carbocycles. The predicted molar refractivity (Wildman–Crippen MR) is 92.9 cm³/mol. The molecular weight excluding hydrogens is 296 g/mol. The summed E-state index contributed by atoms with van der Waals surface area (Å²) in [5.74, 6) is 2.41. The molecule has 2 aliphatic carbocycles. The van der Waals surface area contributed by atoms with Gasteiger partial charge in [-0.1, -0.05) is 37.1 Å². The lowest BCUT2D eigenvalue weighted by Crippen LogP contribution is -2.54. The summed E-state index contributed by atoms with van der Waals surface area (Å²) in [4.78, 5) is 0. The molecule has 3 aliphatic rings. The van der Waals surface area contributed by atoms with Gasteiger partial charge in [-0.25, -0.2) is 0 Å². The average Bonchev–Trinajstić information content (AvgIpc) is 3.03. The Kier molecular flexibility index (Phi) is 3.79. The number of thioether (sulfide) groups is 2. The minimum Gasteiger partial charge on any atom is -0.383 e. The number of aryl methyl sites for hydroxylation is 1. The molecule has 1 heterocycles. The van der Waals surface area contributed by atoms with Crippen molar-refractivity contribution in [3.05, 3.63) is 35.4 Å². The monoisotopic (exact) mass is 320 g/mol. The number of fused-ring (bicyclic) bond motifs is 1. The van der Waals surface area contributed by atoms with E-state index in [0.29, 0.717) is 4.58 Å². The van der Waals surface area contributed by atoms with Gasteiger partial charge in [-0.2, -0.15) is 0 Å². The molecule has 1 spiro atoms. The van der Waals surface area contributed by atoms with Crippen LogP contribution in [0.4, 0.5) is 0 Å². The molecule has 1 aliphatic heterocycles. The van der Waals surface area contributed by atoms with Gasteiger partial charge in [-0.05, 0) is 54.7 Å². The smallest absolute Gasteiger partial charge is 0.116 e. The van der Waals surface area contributed by atoms with E-state index in [1.807, 2.05) is 23.5 Å². The van der Waals surface area contributed by atoms with Crippen LogP contribution in [0, 0.1) is 5.41 Å². The molecule has 1 saturated heterocycles. The molecule has 0 amide bonds. The van der Waals surface area contributed by atoms with Crippen LogP contribution in [0.25, 0.3) is 0 Å². The van der Waals surface area contributed by atoms with Gasteiger partial charge in [0.1, 0.15) is 5.60 Å². The Morgan fingerprint density at radius 3 is 2.43 bits per heavy atom. The summed E-state index contributed by atoms with van der Waals surface area (Å²) in [5, 5.41) is 12.1. The van der Waals surface area contributed by atoms with Crippen LogP contribution in [0.2, 0.25) is 0 Å². The third-order valence-corrected chi connectivity index (χ3v) is 8.99. The van der Waals surface area contributed by atoms with Crippen molar-refractivity contribution in [3.8, 4) is 0 Å². The highest BCUT2D eigenvalue weighted by molar-refractivity contribution is 8.17. The van der Waals surface area contributed by atoms with Crippen molar-refractivity contribution in [1.82, 2.24) is 0 Å². The fraction of sp³-hybridized carbons (Fsp3) is 0.667. The molecule has 0 radical (unpaired) electrons. The van der Waals surface area contributed by atoms with Crippen LogP contribution in [-0.4, -0.2) is 21.2 Å². The second-order valence-electron chi connectivity index (χ2n) is 6.84. The van der Waals surface area contributed by atoms with E-state index < -0.39 is 5.60 Å². The van der Waals surface area contributed by atoms with Crippen LogP contribution in [0.3, 0.4) is 0 Å². The molecule has 21 heavy (non-hydrogen) atoms. The number of rotatable bonds is 1. The Hall–Kier alpha value is -0.120. The van der Waals surface area contributed by atoms with Gasteiger partial charge in [0.05, 0.1) is 4.58 Å². The molecule has 1 aromatic rings. The molecule has 1 N–H and O–H groups in total. The summed E-state index contributed by atoms with van der Waals surface area (Å²) in [6.45, 7) is 0. The molecule has 1 nitrogen and oxygen atoms in total. The van der Waals surface area contributed by atoms with E-state index in [2.05, 4.69) is 24.3 Å². The number of hydrogen-bond donors (Lipinski definition) is 1. The minimum atomic E-state index is -0.617. The highest BCUT2D eigenvalue weighted by Gasteiger charge is 2.59. The Labute approximate surface area is 136 Å². The van der Waals surface area contributed by atoms with E-state index in [9.17, 15) is 5.11 Å². The van der Waals surface area contributed by atoms with E-state index in [4.69, 9.17) is 0 Å². The van der Waals surface area contributed by atoms with Crippen LogP contribution in [0.5, 0.6) is 0 Å².